The predicted molar refractivity (Wildman–Crippen MR) is 70.2 cm³/mol. The van der Waals surface area contributed by atoms with Crippen LogP contribution in [-0.2, 0) is 7.05 Å². The standard InChI is InChI=1S/C12H10N6O2/c1-16-8-13-11(18(19)20)12(16)17-7-10(14-15-17)9-5-3-2-4-6-9/h2-8H,1H3. The molecule has 0 atom stereocenters. The number of benzene rings is 1. The Hall–Kier alpha value is -3.03. The Morgan fingerprint density at radius 1 is 1.25 bits per heavy atom. The van der Waals surface area contributed by atoms with E-state index in [9.17, 15) is 10.1 Å². The molecular weight excluding hydrogens is 260 g/mol. The molecule has 0 aliphatic carbocycles. The molecule has 0 saturated carbocycles. The van der Waals surface area contributed by atoms with Crippen LogP contribution in [0.15, 0.2) is 42.9 Å². The molecule has 0 aliphatic heterocycles. The van der Waals surface area contributed by atoms with Crippen LogP contribution in [0.4, 0.5) is 5.82 Å². The number of nitro groups is 1. The normalized spacial score (nSPS) is 10.7. The molecule has 8 heteroatoms. The highest BCUT2D eigenvalue weighted by Crippen LogP contribution is 2.22. The van der Waals surface area contributed by atoms with Crippen molar-refractivity contribution in [3.05, 3.63) is 53.0 Å². The van der Waals surface area contributed by atoms with Crippen LogP contribution in [0.3, 0.4) is 0 Å². The molecule has 0 fully saturated rings. The van der Waals surface area contributed by atoms with Gasteiger partial charge < -0.3 is 10.1 Å². The second-order valence-corrected chi connectivity index (χ2v) is 4.17. The molecule has 0 bridgehead atoms. The molecule has 20 heavy (non-hydrogen) atoms. The Kier molecular flexibility index (Phi) is 2.75. The van der Waals surface area contributed by atoms with Gasteiger partial charge in [0.25, 0.3) is 0 Å². The van der Waals surface area contributed by atoms with Crippen molar-refractivity contribution in [1.29, 1.82) is 0 Å². The maximum Gasteiger partial charge on any atom is 0.408 e. The lowest BCUT2D eigenvalue weighted by Gasteiger charge is -1.99. The number of rotatable bonds is 3. The van der Waals surface area contributed by atoms with Crippen LogP contribution in [0.25, 0.3) is 17.1 Å². The van der Waals surface area contributed by atoms with Crippen LogP contribution < -0.4 is 0 Å². The summed E-state index contributed by atoms with van der Waals surface area (Å²) in [5, 5.41) is 18.9. The molecule has 0 amide bonds. The first-order chi connectivity index (χ1) is 9.66. The fraction of sp³-hybridized carbons (Fsp3) is 0.0833. The summed E-state index contributed by atoms with van der Waals surface area (Å²) in [6, 6.07) is 9.47. The SMILES string of the molecule is Cn1cnc([N+](=O)[O-])c1-n1cc(-c2ccccc2)nn1. The highest BCUT2D eigenvalue weighted by atomic mass is 16.6. The molecule has 2 aromatic heterocycles. The largest absolute Gasteiger partial charge is 0.408 e. The van der Waals surface area contributed by atoms with Crippen molar-refractivity contribution in [3.63, 3.8) is 0 Å². The summed E-state index contributed by atoms with van der Waals surface area (Å²) in [4.78, 5) is 14.2. The number of nitrogens with zero attached hydrogens (tertiary/aromatic N) is 6. The fourth-order valence-corrected chi connectivity index (χ4v) is 1.91. The van der Waals surface area contributed by atoms with E-state index >= 15 is 0 Å². The van der Waals surface area contributed by atoms with Crippen LogP contribution in [0.2, 0.25) is 0 Å². The first-order valence-electron chi connectivity index (χ1n) is 5.80. The molecular formula is C12H10N6O2. The highest BCUT2D eigenvalue weighted by molar-refractivity contribution is 5.58. The van der Waals surface area contributed by atoms with Gasteiger partial charge >= 0.3 is 5.82 Å². The van der Waals surface area contributed by atoms with Crippen molar-refractivity contribution in [3.8, 4) is 17.1 Å². The van der Waals surface area contributed by atoms with Crippen LogP contribution in [0, 0.1) is 10.1 Å². The van der Waals surface area contributed by atoms with E-state index in [0.29, 0.717) is 5.69 Å². The third kappa shape index (κ3) is 1.92. The molecule has 0 radical (unpaired) electrons. The summed E-state index contributed by atoms with van der Waals surface area (Å²) in [7, 11) is 1.67. The Labute approximate surface area is 113 Å². The van der Waals surface area contributed by atoms with Crippen molar-refractivity contribution in [1.82, 2.24) is 24.5 Å². The van der Waals surface area contributed by atoms with Gasteiger partial charge in [-0.1, -0.05) is 35.5 Å². The van der Waals surface area contributed by atoms with E-state index in [-0.39, 0.29) is 11.6 Å². The number of hydrogen-bond acceptors (Lipinski definition) is 5. The zero-order chi connectivity index (χ0) is 14.1. The first-order valence-corrected chi connectivity index (χ1v) is 5.80. The van der Waals surface area contributed by atoms with E-state index < -0.39 is 4.92 Å². The number of imidazole rings is 1. The fourth-order valence-electron chi connectivity index (χ4n) is 1.91. The molecule has 2 heterocycles. The minimum atomic E-state index is -0.542. The maximum absolute atomic E-state index is 11.0. The Morgan fingerprint density at radius 2 is 2.00 bits per heavy atom. The lowest BCUT2D eigenvalue weighted by atomic mass is 10.2. The summed E-state index contributed by atoms with van der Waals surface area (Å²) in [5.41, 5.74) is 1.53. The van der Waals surface area contributed by atoms with E-state index in [1.54, 1.807) is 13.2 Å². The van der Waals surface area contributed by atoms with E-state index in [2.05, 4.69) is 15.3 Å². The molecule has 3 aromatic rings. The average Bonchev–Trinajstić information content (AvgIpc) is 3.06. The minimum Gasteiger partial charge on any atom is -0.358 e. The lowest BCUT2D eigenvalue weighted by Crippen LogP contribution is -2.04. The van der Waals surface area contributed by atoms with Gasteiger partial charge in [0, 0.05) is 12.6 Å². The highest BCUT2D eigenvalue weighted by Gasteiger charge is 2.23. The maximum atomic E-state index is 11.0. The average molecular weight is 270 g/mol. The van der Waals surface area contributed by atoms with E-state index in [1.807, 2.05) is 30.3 Å². The molecule has 0 saturated heterocycles. The Balaban J connectivity index is 2.07. The summed E-state index contributed by atoms with van der Waals surface area (Å²) >= 11 is 0. The first kappa shape index (κ1) is 12.0. The van der Waals surface area contributed by atoms with E-state index in [1.165, 1.54) is 15.6 Å². The molecule has 0 unspecified atom stereocenters. The van der Waals surface area contributed by atoms with Gasteiger partial charge in [-0.15, -0.1) is 5.10 Å². The van der Waals surface area contributed by atoms with Crippen LogP contribution in [0.5, 0.6) is 0 Å². The number of hydrogen-bond donors (Lipinski definition) is 0. The van der Waals surface area contributed by atoms with Gasteiger partial charge in [0.2, 0.25) is 12.1 Å². The second-order valence-electron chi connectivity index (χ2n) is 4.17. The van der Waals surface area contributed by atoms with Crippen molar-refractivity contribution >= 4 is 5.82 Å². The zero-order valence-corrected chi connectivity index (χ0v) is 10.5. The zero-order valence-electron chi connectivity index (χ0n) is 10.5. The van der Waals surface area contributed by atoms with E-state index in [4.69, 9.17) is 0 Å². The molecule has 0 aliphatic rings. The Bertz CT molecular complexity index is 761. The van der Waals surface area contributed by atoms with Gasteiger partial charge in [0.15, 0.2) is 0 Å². The van der Waals surface area contributed by atoms with Gasteiger partial charge in [-0.2, -0.15) is 4.68 Å². The van der Waals surface area contributed by atoms with Crippen molar-refractivity contribution < 1.29 is 4.92 Å². The summed E-state index contributed by atoms with van der Waals surface area (Å²) in [6.07, 6.45) is 3.01. The smallest absolute Gasteiger partial charge is 0.358 e. The number of aromatic nitrogens is 5. The summed E-state index contributed by atoms with van der Waals surface area (Å²) < 4.78 is 2.88. The molecule has 100 valence electrons. The molecule has 3 rings (SSSR count). The van der Waals surface area contributed by atoms with Crippen molar-refractivity contribution in [2.24, 2.45) is 7.05 Å². The van der Waals surface area contributed by atoms with Crippen molar-refractivity contribution in [2.75, 3.05) is 0 Å². The van der Waals surface area contributed by atoms with E-state index in [0.717, 1.165) is 5.56 Å². The number of aryl methyl sites for hydroxylation is 1. The van der Waals surface area contributed by atoms with Gasteiger partial charge in [0.05, 0.1) is 6.20 Å². The predicted octanol–water partition coefficient (Wildman–Crippen LogP) is 1.58. The molecule has 0 spiro atoms. The van der Waals surface area contributed by atoms with Gasteiger partial charge in [0.1, 0.15) is 5.69 Å². The molecule has 0 N–H and O–H groups in total. The monoisotopic (exact) mass is 270 g/mol. The molecule has 8 nitrogen and oxygen atoms in total. The quantitative estimate of drug-likeness (QED) is 0.532. The van der Waals surface area contributed by atoms with Gasteiger partial charge in [-0.05, 0) is 9.91 Å². The molecule has 1 aromatic carbocycles. The van der Waals surface area contributed by atoms with Crippen LogP contribution in [-0.4, -0.2) is 29.5 Å². The second kappa shape index (κ2) is 4.57. The summed E-state index contributed by atoms with van der Waals surface area (Å²) in [6.45, 7) is 0. The van der Waals surface area contributed by atoms with Crippen LogP contribution in [0.1, 0.15) is 0 Å². The minimum absolute atomic E-state index is 0.253. The third-order valence-corrected chi connectivity index (χ3v) is 2.84. The van der Waals surface area contributed by atoms with Gasteiger partial charge in [-0.25, -0.2) is 0 Å². The van der Waals surface area contributed by atoms with Crippen molar-refractivity contribution in [2.45, 2.75) is 0 Å². The summed E-state index contributed by atoms with van der Waals surface area (Å²) in [5.74, 6) is 0.0155. The third-order valence-electron chi connectivity index (χ3n) is 2.84. The van der Waals surface area contributed by atoms with Gasteiger partial charge in [-0.3, -0.25) is 4.57 Å². The Morgan fingerprint density at radius 3 is 2.70 bits per heavy atom. The van der Waals surface area contributed by atoms with Crippen LogP contribution >= 0.6 is 0 Å². The lowest BCUT2D eigenvalue weighted by molar-refractivity contribution is -0.389. The topological polar surface area (TPSA) is 91.7 Å².